The fourth-order valence-electron chi connectivity index (χ4n) is 3.66. The van der Waals surface area contributed by atoms with Gasteiger partial charge in [-0.2, -0.15) is 13.2 Å². The van der Waals surface area contributed by atoms with E-state index >= 15 is 0 Å². The lowest BCUT2D eigenvalue weighted by molar-refractivity contribution is -0.137. The first kappa shape index (κ1) is 20.7. The van der Waals surface area contributed by atoms with Crippen LogP contribution < -0.4 is 5.32 Å². The van der Waals surface area contributed by atoms with E-state index in [4.69, 9.17) is 0 Å². The van der Waals surface area contributed by atoms with Crippen molar-refractivity contribution in [3.05, 3.63) is 89.0 Å². The van der Waals surface area contributed by atoms with Gasteiger partial charge in [-0.25, -0.2) is 0 Å². The highest BCUT2D eigenvalue weighted by atomic mass is 19.4. The molecule has 158 valence electrons. The monoisotopic (exact) mass is 424 g/mol. The summed E-state index contributed by atoms with van der Waals surface area (Å²) in [4.78, 5) is 26.3. The van der Waals surface area contributed by atoms with E-state index in [-0.39, 0.29) is 11.8 Å². The number of nitrogens with one attached hydrogen (secondary N) is 1. The van der Waals surface area contributed by atoms with Crippen molar-refractivity contribution in [3.8, 4) is 11.1 Å². The van der Waals surface area contributed by atoms with Gasteiger partial charge in [0, 0.05) is 31.3 Å². The van der Waals surface area contributed by atoms with Crippen LogP contribution in [0.4, 0.5) is 18.9 Å². The molecule has 0 radical (unpaired) electrons. The highest BCUT2D eigenvalue weighted by Gasteiger charge is 2.30. The summed E-state index contributed by atoms with van der Waals surface area (Å²) < 4.78 is 38.5. The number of hydrogen-bond donors (Lipinski definition) is 1. The van der Waals surface area contributed by atoms with E-state index in [1.54, 1.807) is 35.2 Å². The number of halogens is 3. The molecule has 4 rings (SSSR count). The zero-order valence-electron chi connectivity index (χ0n) is 16.7. The molecular weight excluding hydrogens is 405 g/mol. The summed E-state index contributed by atoms with van der Waals surface area (Å²) in [6.45, 7) is 2.57. The minimum absolute atomic E-state index is 0.00717. The summed E-state index contributed by atoms with van der Waals surface area (Å²) in [6.07, 6.45) is -4.42. The molecule has 4 nitrogen and oxygen atoms in total. The number of nitrogens with zero attached hydrogens (tertiary/aromatic N) is 1. The normalized spacial score (nSPS) is 13.1. The standard InChI is InChI=1S/C24H19F3N2O2/c1-15(30)29-13-17-8-11-20(12-18(17)14-29)28-23(31)22-5-3-2-4-21(22)16-6-9-19(10-7-16)24(25,26)27/h2-12H,13-14H2,1H3,(H,28,31). The van der Waals surface area contributed by atoms with Gasteiger partial charge in [-0.15, -0.1) is 0 Å². The van der Waals surface area contributed by atoms with Gasteiger partial charge >= 0.3 is 6.18 Å². The van der Waals surface area contributed by atoms with Gasteiger partial charge in [0.15, 0.2) is 0 Å². The third-order valence-corrected chi connectivity index (χ3v) is 5.33. The maximum Gasteiger partial charge on any atom is 0.416 e. The molecule has 31 heavy (non-hydrogen) atoms. The molecule has 7 heteroatoms. The zero-order valence-corrected chi connectivity index (χ0v) is 16.7. The van der Waals surface area contributed by atoms with E-state index in [1.807, 2.05) is 12.1 Å². The zero-order chi connectivity index (χ0) is 22.2. The summed E-state index contributed by atoms with van der Waals surface area (Å²) in [7, 11) is 0. The molecule has 0 aromatic heterocycles. The van der Waals surface area contributed by atoms with Crippen molar-refractivity contribution in [3.63, 3.8) is 0 Å². The average Bonchev–Trinajstić information content (AvgIpc) is 3.17. The second kappa shape index (κ2) is 7.91. The molecule has 1 heterocycles. The van der Waals surface area contributed by atoms with Crippen molar-refractivity contribution >= 4 is 17.5 Å². The molecular formula is C24H19F3N2O2. The van der Waals surface area contributed by atoms with E-state index in [2.05, 4.69) is 5.32 Å². The first-order valence-corrected chi connectivity index (χ1v) is 9.68. The number of hydrogen-bond acceptors (Lipinski definition) is 2. The van der Waals surface area contributed by atoms with Crippen LogP contribution in [0.1, 0.15) is 34.0 Å². The van der Waals surface area contributed by atoms with Gasteiger partial charge in [-0.3, -0.25) is 9.59 Å². The number of benzene rings is 3. The molecule has 1 aliphatic rings. The van der Waals surface area contributed by atoms with Crippen LogP contribution >= 0.6 is 0 Å². The van der Waals surface area contributed by atoms with Gasteiger partial charge in [-0.1, -0.05) is 36.4 Å². The Balaban J connectivity index is 1.57. The molecule has 0 aliphatic carbocycles. The number of amides is 2. The maximum absolute atomic E-state index is 13.0. The highest BCUT2D eigenvalue weighted by molar-refractivity contribution is 6.08. The number of carbonyl (C=O) groups excluding carboxylic acids is 2. The van der Waals surface area contributed by atoms with Crippen LogP contribution in [0, 0.1) is 0 Å². The van der Waals surface area contributed by atoms with Gasteiger partial charge in [0.25, 0.3) is 5.91 Å². The van der Waals surface area contributed by atoms with Crippen LogP contribution in [-0.2, 0) is 24.1 Å². The third kappa shape index (κ3) is 4.30. The van der Waals surface area contributed by atoms with Crippen LogP contribution in [0.5, 0.6) is 0 Å². The SMILES string of the molecule is CC(=O)N1Cc2ccc(NC(=O)c3ccccc3-c3ccc(C(F)(F)F)cc3)cc2C1. The topological polar surface area (TPSA) is 49.4 Å². The second-order valence-electron chi connectivity index (χ2n) is 7.43. The van der Waals surface area contributed by atoms with Crippen LogP contribution in [0.25, 0.3) is 11.1 Å². The molecule has 1 aliphatic heterocycles. The van der Waals surface area contributed by atoms with Crippen molar-refractivity contribution in [1.29, 1.82) is 0 Å². The minimum atomic E-state index is -4.42. The van der Waals surface area contributed by atoms with E-state index in [9.17, 15) is 22.8 Å². The number of carbonyl (C=O) groups is 2. The Bertz CT molecular complexity index is 1150. The highest BCUT2D eigenvalue weighted by Crippen LogP contribution is 2.32. The quantitative estimate of drug-likeness (QED) is 0.605. The first-order chi connectivity index (χ1) is 14.7. The number of anilines is 1. The van der Waals surface area contributed by atoms with E-state index in [1.165, 1.54) is 19.1 Å². The molecule has 0 bridgehead atoms. The Morgan fingerprint density at radius 3 is 2.26 bits per heavy atom. The van der Waals surface area contributed by atoms with Gasteiger partial charge in [-0.05, 0) is 52.6 Å². The molecule has 1 N–H and O–H groups in total. The van der Waals surface area contributed by atoms with Gasteiger partial charge < -0.3 is 10.2 Å². The molecule has 0 unspecified atom stereocenters. The van der Waals surface area contributed by atoms with Crippen molar-refractivity contribution in [2.75, 3.05) is 5.32 Å². The van der Waals surface area contributed by atoms with Crippen molar-refractivity contribution in [2.24, 2.45) is 0 Å². The average molecular weight is 424 g/mol. The van der Waals surface area contributed by atoms with Crippen LogP contribution in [0.3, 0.4) is 0 Å². The second-order valence-corrected chi connectivity index (χ2v) is 7.43. The summed E-state index contributed by atoms with van der Waals surface area (Å²) in [5.41, 5.74) is 3.28. The Hall–Kier alpha value is -3.61. The Labute approximate surface area is 177 Å². The smallest absolute Gasteiger partial charge is 0.334 e. The van der Waals surface area contributed by atoms with Crippen molar-refractivity contribution < 1.29 is 22.8 Å². The molecule has 0 saturated heterocycles. The predicted octanol–water partition coefficient (Wildman–Crippen LogP) is 5.49. The number of rotatable bonds is 3. The molecule has 0 atom stereocenters. The van der Waals surface area contributed by atoms with Gasteiger partial charge in [0.2, 0.25) is 5.91 Å². The fraction of sp³-hybridized carbons (Fsp3) is 0.167. The number of alkyl halides is 3. The lowest BCUT2D eigenvalue weighted by Crippen LogP contribution is -2.21. The van der Waals surface area contributed by atoms with Crippen molar-refractivity contribution in [2.45, 2.75) is 26.2 Å². The molecule has 0 saturated carbocycles. The predicted molar refractivity (Wildman–Crippen MR) is 111 cm³/mol. The molecule has 3 aromatic carbocycles. The minimum Gasteiger partial charge on any atom is -0.334 e. The van der Waals surface area contributed by atoms with Crippen molar-refractivity contribution in [1.82, 2.24) is 4.90 Å². The van der Waals surface area contributed by atoms with Gasteiger partial charge in [0.05, 0.1) is 5.56 Å². The Morgan fingerprint density at radius 1 is 0.903 bits per heavy atom. The Morgan fingerprint density at radius 2 is 1.58 bits per heavy atom. The van der Waals surface area contributed by atoms with Gasteiger partial charge in [0.1, 0.15) is 0 Å². The first-order valence-electron chi connectivity index (χ1n) is 9.68. The van der Waals surface area contributed by atoms with E-state index in [0.717, 1.165) is 23.3 Å². The largest absolute Gasteiger partial charge is 0.416 e. The summed E-state index contributed by atoms with van der Waals surface area (Å²) in [5.74, 6) is -0.371. The third-order valence-electron chi connectivity index (χ3n) is 5.33. The summed E-state index contributed by atoms with van der Waals surface area (Å²) in [5, 5.41) is 2.86. The van der Waals surface area contributed by atoms with Crippen LogP contribution in [0.2, 0.25) is 0 Å². The molecule has 0 fully saturated rings. The summed E-state index contributed by atoms with van der Waals surface area (Å²) in [6, 6.07) is 17.0. The summed E-state index contributed by atoms with van der Waals surface area (Å²) >= 11 is 0. The Kier molecular flexibility index (Phi) is 5.27. The maximum atomic E-state index is 13.0. The van der Waals surface area contributed by atoms with Crippen LogP contribution in [-0.4, -0.2) is 16.7 Å². The lowest BCUT2D eigenvalue weighted by Gasteiger charge is -2.12. The molecule has 0 spiro atoms. The molecule has 3 aromatic rings. The van der Waals surface area contributed by atoms with E-state index in [0.29, 0.717) is 35.5 Å². The van der Waals surface area contributed by atoms with Crippen LogP contribution in [0.15, 0.2) is 66.7 Å². The fourth-order valence-corrected chi connectivity index (χ4v) is 3.66. The lowest BCUT2D eigenvalue weighted by atomic mass is 9.98. The number of fused-ring (bicyclic) bond motifs is 1. The van der Waals surface area contributed by atoms with E-state index < -0.39 is 11.7 Å². The molecule has 2 amide bonds.